The molecule has 3 rings (SSSR count). The van der Waals surface area contributed by atoms with Crippen LogP contribution in [-0.2, 0) is 11.8 Å². The van der Waals surface area contributed by atoms with Gasteiger partial charge in [-0.1, -0.05) is 0 Å². The molecule has 0 saturated heterocycles. The van der Waals surface area contributed by atoms with Gasteiger partial charge in [-0.05, 0) is 12.1 Å². The van der Waals surface area contributed by atoms with Gasteiger partial charge in [-0.3, -0.25) is 4.79 Å². The number of hydrogen-bond acceptors (Lipinski definition) is 6. The Morgan fingerprint density at radius 1 is 1.13 bits per heavy atom. The maximum atomic E-state index is 10.6. The number of amides is 1. The predicted molar refractivity (Wildman–Crippen MR) is 84.5 cm³/mol. The number of carbonyl (C=O) groups excluding carboxylic acids is 1. The minimum absolute atomic E-state index is 0.418. The van der Waals surface area contributed by atoms with E-state index >= 15 is 0 Å². The van der Waals surface area contributed by atoms with Gasteiger partial charge in [0.25, 0.3) is 0 Å². The number of aryl methyl sites for hydroxylation is 1. The van der Waals surface area contributed by atoms with Crippen molar-refractivity contribution >= 4 is 23.1 Å². The first-order valence-electron chi connectivity index (χ1n) is 6.78. The van der Waals surface area contributed by atoms with Crippen molar-refractivity contribution < 1.29 is 14.3 Å². The number of pyridine rings is 1. The number of nitrogens with one attached hydrogen (secondary N) is 1. The van der Waals surface area contributed by atoms with Gasteiger partial charge in [0.2, 0.25) is 18.2 Å². The Balaban J connectivity index is 2.25. The summed E-state index contributed by atoms with van der Waals surface area (Å²) in [4.78, 5) is 23.0. The molecule has 3 heterocycles. The zero-order chi connectivity index (χ0) is 16.4. The standard InChI is InChI=1S/C15H15N5O3/c1-20-10(13-14(22-2)17-7-18-15(13)23-3)4-9-5-12(19-8-21)16-6-11(9)20/h4-8H,1-3H3,(H,16,19,21). The van der Waals surface area contributed by atoms with Crippen LogP contribution >= 0.6 is 0 Å². The Kier molecular flexibility index (Phi) is 3.80. The van der Waals surface area contributed by atoms with E-state index in [0.29, 0.717) is 29.6 Å². The largest absolute Gasteiger partial charge is 0.480 e. The van der Waals surface area contributed by atoms with Gasteiger partial charge in [-0.25, -0.2) is 15.0 Å². The van der Waals surface area contributed by atoms with Crippen LogP contribution in [0.3, 0.4) is 0 Å². The van der Waals surface area contributed by atoms with Crippen LogP contribution in [0, 0.1) is 0 Å². The fourth-order valence-corrected chi connectivity index (χ4v) is 2.50. The van der Waals surface area contributed by atoms with Gasteiger partial charge in [0.05, 0.1) is 31.6 Å². The third-order valence-corrected chi connectivity index (χ3v) is 3.56. The van der Waals surface area contributed by atoms with Crippen molar-refractivity contribution in [2.75, 3.05) is 19.5 Å². The number of rotatable bonds is 5. The number of anilines is 1. The Hall–Kier alpha value is -3.16. The maximum Gasteiger partial charge on any atom is 0.229 e. The highest BCUT2D eigenvalue weighted by Crippen LogP contribution is 2.37. The summed E-state index contributed by atoms with van der Waals surface area (Å²) in [5, 5.41) is 3.45. The third-order valence-electron chi connectivity index (χ3n) is 3.56. The molecule has 3 aromatic rings. The number of aromatic nitrogens is 4. The maximum absolute atomic E-state index is 10.6. The fraction of sp³-hybridized carbons (Fsp3) is 0.200. The lowest BCUT2D eigenvalue weighted by Gasteiger charge is -2.11. The SMILES string of the molecule is COc1ncnc(OC)c1-c1cc2cc(NC=O)ncc2n1C. The second-order valence-corrected chi connectivity index (χ2v) is 4.75. The molecule has 0 unspecified atom stereocenters. The highest BCUT2D eigenvalue weighted by molar-refractivity contribution is 5.90. The molecular formula is C15H15N5O3. The van der Waals surface area contributed by atoms with Gasteiger partial charge in [0.15, 0.2) is 0 Å². The van der Waals surface area contributed by atoms with Crippen LogP contribution in [0.15, 0.2) is 24.7 Å². The van der Waals surface area contributed by atoms with Crippen LogP contribution in [0.1, 0.15) is 0 Å². The first-order valence-corrected chi connectivity index (χ1v) is 6.78. The molecule has 0 aliphatic heterocycles. The average molecular weight is 313 g/mol. The van der Waals surface area contributed by atoms with Crippen LogP contribution < -0.4 is 14.8 Å². The van der Waals surface area contributed by atoms with E-state index in [0.717, 1.165) is 16.6 Å². The zero-order valence-corrected chi connectivity index (χ0v) is 12.9. The lowest BCUT2D eigenvalue weighted by Crippen LogP contribution is -2.01. The number of fused-ring (bicyclic) bond motifs is 1. The van der Waals surface area contributed by atoms with Crippen molar-refractivity contribution in [2.45, 2.75) is 0 Å². The monoisotopic (exact) mass is 313 g/mol. The van der Waals surface area contributed by atoms with Gasteiger partial charge in [-0.2, -0.15) is 0 Å². The molecule has 0 aliphatic carbocycles. The molecule has 0 fully saturated rings. The van der Waals surface area contributed by atoms with Crippen LogP contribution in [0.2, 0.25) is 0 Å². The molecule has 0 saturated carbocycles. The van der Waals surface area contributed by atoms with Gasteiger partial charge >= 0.3 is 0 Å². The third kappa shape index (κ3) is 2.44. The van der Waals surface area contributed by atoms with E-state index in [2.05, 4.69) is 20.3 Å². The minimum Gasteiger partial charge on any atom is -0.480 e. The van der Waals surface area contributed by atoms with Crippen molar-refractivity contribution in [2.24, 2.45) is 7.05 Å². The highest BCUT2D eigenvalue weighted by Gasteiger charge is 2.19. The first-order chi connectivity index (χ1) is 11.2. The summed E-state index contributed by atoms with van der Waals surface area (Å²) >= 11 is 0. The van der Waals surface area contributed by atoms with E-state index in [1.165, 1.54) is 6.33 Å². The van der Waals surface area contributed by atoms with Crippen molar-refractivity contribution in [1.29, 1.82) is 0 Å². The van der Waals surface area contributed by atoms with Crippen LogP contribution in [-0.4, -0.2) is 40.1 Å². The van der Waals surface area contributed by atoms with E-state index in [1.807, 2.05) is 17.7 Å². The number of methoxy groups -OCH3 is 2. The zero-order valence-electron chi connectivity index (χ0n) is 12.9. The molecule has 1 N–H and O–H groups in total. The number of ether oxygens (including phenoxy) is 2. The van der Waals surface area contributed by atoms with E-state index in [-0.39, 0.29) is 0 Å². The van der Waals surface area contributed by atoms with E-state index in [1.54, 1.807) is 26.5 Å². The second-order valence-electron chi connectivity index (χ2n) is 4.75. The predicted octanol–water partition coefficient (Wildman–Crippen LogP) is 1.62. The van der Waals surface area contributed by atoms with E-state index in [4.69, 9.17) is 9.47 Å². The molecule has 8 heteroatoms. The first kappa shape index (κ1) is 14.8. The highest BCUT2D eigenvalue weighted by atomic mass is 16.5. The summed E-state index contributed by atoms with van der Waals surface area (Å²) in [5.41, 5.74) is 2.37. The van der Waals surface area contributed by atoms with Crippen molar-refractivity contribution in [1.82, 2.24) is 19.5 Å². The van der Waals surface area contributed by atoms with Crippen LogP contribution in [0.5, 0.6) is 11.8 Å². The molecule has 0 aromatic carbocycles. The second kappa shape index (κ2) is 5.91. The Morgan fingerprint density at radius 3 is 2.43 bits per heavy atom. The average Bonchev–Trinajstić information content (AvgIpc) is 2.90. The van der Waals surface area contributed by atoms with Crippen LogP contribution in [0.4, 0.5) is 5.82 Å². The minimum atomic E-state index is 0.418. The fourth-order valence-electron chi connectivity index (χ4n) is 2.50. The number of hydrogen-bond donors (Lipinski definition) is 1. The van der Waals surface area contributed by atoms with Gasteiger partial charge in [-0.15, -0.1) is 0 Å². The molecule has 0 radical (unpaired) electrons. The van der Waals surface area contributed by atoms with Crippen molar-refractivity contribution in [3.8, 4) is 23.0 Å². The van der Waals surface area contributed by atoms with Crippen LogP contribution in [0.25, 0.3) is 22.2 Å². The molecule has 0 spiro atoms. The van der Waals surface area contributed by atoms with Gasteiger partial charge < -0.3 is 19.4 Å². The molecule has 0 atom stereocenters. The molecule has 23 heavy (non-hydrogen) atoms. The summed E-state index contributed by atoms with van der Waals surface area (Å²) in [6, 6.07) is 3.73. The summed E-state index contributed by atoms with van der Waals surface area (Å²) in [5.74, 6) is 1.32. The Morgan fingerprint density at radius 2 is 1.83 bits per heavy atom. The summed E-state index contributed by atoms with van der Waals surface area (Å²) in [6.07, 6.45) is 3.67. The number of nitrogens with zero attached hydrogens (tertiary/aromatic N) is 4. The Labute approximate surface area is 132 Å². The molecule has 1 amide bonds. The molecule has 8 nitrogen and oxygen atoms in total. The smallest absolute Gasteiger partial charge is 0.229 e. The van der Waals surface area contributed by atoms with E-state index in [9.17, 15) is 4.79 Å². The number of carbonyl (C=O) groups is 1. The van der Waals surface area contributed by atoms with Crippen molar-refractivity contribution in [3.63, 3.8) is 0 Å². The summed E-state index contributed by atoms with van der Waals surface area (Å²) in [6.45, 7) is 0. The Bertz CT molecular complexity index is 853. The topological polar surface area (TPSA) is 91.2 Å². The summed E-state index contributed by atoms with van der Waals surface area (Å²) in [7, 11) is 4.99. The van der Waals surface area contributed by atoms with Gasteiger partial charge in [0, 0.05) is 12.4 Å². The quantitative estimate of drug-likeness (QED) is 0.720. The molecular weight excluding hydrogens is 298 g/mol. The van der Waals surface area contributed by atoms with Gasteiger partial charge in [0.1, 0.15) is 17.7 Å². The lowest BCUT2D eigenvalue weighted by atomic mass is 10.2. The van der Waals surface area contributed by atoms with E-state index < -0.39 is 0 Å². The molecule has 3 aromatic heterocycles. The summed E-state index contributed by atoms with van der Waals surface area (Å²) < 4.78 is 12.6. The molecule has 0 bridgehead atoms. The molecule has 0 aliphatic rings. The molecule has 118 valence electrons. The lowest BCUT2D eigenvalue weighted by molar-refractivity contribution is -0.105. The van der Waals surface area contributed by atoms with Crippen molar-refractivity contribution in [3.05, 3.63) is 24.7 Å². The normalized spacial score (nSPS) is 10.6.